The molecule has 0 bridgehead atoms. The second kappa shape index (κ2) is 7.55. The molecule has 6 nitrogen and oxygen atoms in total. The molecule has 36 heavy (non-hydrogen) atoms. The molecule has 5 aliphatic rings. The van der Waals surface area contributed by atoms with E-state index in [4.69, 9.17) is 4.74 Å². The van der Waals surface area contributed by atoms with Crippen LogP contribution in [0.15, 0.2) is 57.4 Å². The maximum Gasteiger partial charge on any atom is 0.314 e. The van der Waals surface area contributed by atoms with Crippen molar-refractivity contribution < 1.29 is 29.6 Å². The van der Waals surface area contributed by atoms with Gasteiger partial charge in [-0.05, 0) is 86.2 Å². The molecule has 0 aromatic carbocycles. The van der Waals surface area contributed by atoms with Crippen LogP contribution in [0.25, 0.3) is 0 Å². The Balaban J connectivity index is 1.69. The number of methoxy groups -OCH3 is 1. The van der Waals surface area contributed by atoms with Gasteiger partial charge in [-0.15, -0.1) is 0 Å². The highest BCUT2D eigenvalue weighted by atomic mass is 16.5. The molecule has 0 spiro atoms. The van der Waals surface area contributed by atoms with Gasteiger partial charge >= 0.3 is 5.97 Å². The summed E-state index contributed by atoms with van der Waals surface area (Å²) in [5, 5.41) is 32.9. The summed E-state index contributed by atoms with van der Waals surface area (Å²) in [4.78, 5) is 25.5. The average molecular weight is 495 g/mol. The monoisotopic (exact) mass is 494 g/mol. The first-order valence-corrected chi connectivity index (χ1v) is 12.9. The molecular formula is C30H38O6. The van der Waals surface area contributed by atoms with Crippen molar-refractivity contribution in [3.8, 4) is 0 Å². The predicted molar refractivity (Wildman–Crippen MR) is 136 cm³/mol. The van der Waals surface area contributed by atoms with Crippen LogP contribution in [-0.4, -0.2) is 46.4 Å². The Morgan fingerprint density at radius 1 is 1.03 bits per heavy atom. The van der Waals surface area contributed by atoms with Gasteiger partial charge in [0.2, 0.25) is 5.78 Å². The Hall–Kier alpha value is -2.44. The molecule has 2 saturated carbocycles. The van der Waals surface area contributed by atoms with Crippen molar-refractivity contribution in [3.63, 3.8) is 0 Å². The fraction of sp³-hybridized carbons (Fsp3) is 0.600. The maximum absolute atomic E-state index is 12.9. The van der Waals surface area contributed by atoms with E-state index in [2.05, 4.69) is 26.8 Å². The first-order valence-electron chi connectivity index (χ1n) is 12.9. The lowest BCUT2D eigenvalue weighted by Gasteiger charge is -2.65. The molecule has 5 rings (SSSR count). The molecule has 3 N–H and O–H groups in total. The van der Waals surface area contributed by atoms with E-state index in [1.165, 1.54) is 23.8 Å². The number of hydrogen-bond donors (Lipinski definition) is 3. The first-order chi connectivity index (χ1) is 16.7. The quantitative estimate of drug-likeness (QED) is 0.459. The fourth-order valence-corrected chi connectivity index (χ4v) is 8.57. The van der Waals surface area contributed by atoms with Crippen molar-refractivity contribution >= 4 is 11.8 Å². The zero-order chi connectivity index (χ0) is 26.6. The van der Waals surface area contributed by atoms with Crippen LogP contribution in [0, 0.1) is 27.6 Å². The molecule has 0 aliphatic heterocycles. The highest BCUT2D eigenvalue weighted by Gasteiger charge is 2.67. The van der Waals surface area contributed by atoms with Gasteiger partial charge in [-0.2, -0.15) is 0 Å². The first kappa shape index (κ1) is 25.2. The summed E-state index contributed by atoms with van der Waals surface area (Å²) in [7, 11) is 1.33. The van der Waals surface area contributed by atoms with Crippen molar-refractivity contribution in [1.82, 2.24) is 0 Å². The van der Waals surface area contributed by atoms with E-state index in [0.29, 0.717) is 18.4 Å². The Labute approximate surface area is 213 Å². The summed E-state index contributed by atoms with van der Waals surface area (Å²) in [5.74, 6) is -1.09. The molecule has 0 radical (unpaired) electrons. The minimum Gasteiger partial charge on any atom is -0.504 e. The number of carbonyl (C=O) groups is 2. The summed E-state index contributed by atoms with van der Waals surface area (Å²) in [6.07, 6.45) is 6.11. The van der Waals surface area contributed by atoms with Crippen molar-refractivity contribution in [2.75, 3.05) is 7.11 Å². The van der Waals surface area contributed by atoms with Gasteiger partial charge in [-0.3, -0.25) is 9.59 Å². The topological polar surface area (TPSA) is 104 Å². The molecule has 6 heteroatoms. The van der Waals surface area contributed by atoms with Crippen LogP contribution in [0.5, 0.6) is 0 Å². The number of fused-ring (bicyclic) bond motifs is 7. The number of ketones is 1. The molecule has 2 fully saturated rings. The molecule has 0 heterocycles. The molecule has 0 aromatic rings. The minimum absolute atomic E-state index is 0.0605. The smallest absolute Gasteiger partial charge is 0.314 e. The molecule has 1 unspecified atom stereocenters. The van der Waals surface area contributed by atoms with E-state index >= 15 is 0 Å². The van der Waals surface area contributed by atoms with E-state index < -0.39 is 29.0 Å². The predicted octanol–water partition coefficient (Wildman–Crippen LogP) is 4.65. The molecule has 194 valence electrons. The van der Waals surface area contributed by atoms with E-state index in [-0.39, 0.29) is 28.3 Å². The number of hydrogen-bond acceptors (Lipinski definition) is 6. The Morgan fingerprint density at radius 2 is 1.69 bits per heavy atom. The van der Waals surface area contributed by atoms with Crippen LogP contribution in [0.2, 0.25) is 0 Å². The van der Waals surface area contributed by atoms with Gasteiger partial charge in [0.25, 0.3) is 0 Å². The standard InChI is InChI=1S/C30H38O6/c1-15-13-29(5)21(14-30(6,26(35)36-7)25(34)24(29)33)28(4)11-10-27(3)18(22(15)28)9-8-17-16(2)23(32)20(31)12-19(17)27/h8-9,12,21,24-25,32-34H,10-11,13-14H2,1-7H3/t21-,24+,25-,27+,28-,29+,30?/m0/s1. The van der Waals surface area contributed by atoms with Gasteiger partial charge in [0.15, 0.2) is 5.76 Å². The molecular weight excluding hydrogens is 456 g/mol. The zero-order valence-corrected chi connectivity index (χ0v) is 22.4. The van der Waals surface area contributed by atoms with Crippen molar-refractivity contribution in [2.24, 2.45) is 27.6 Å². The lowest BCUT2D eigenvalue weighted by molar-refractivity contribution is -0.213. The van der Waals surface area contributed by atoms with E-state index in [1.54, 1.807) is 19.9 Å². The zero-order valence-electron chi connectivity index (χ0n) is 22.4. The second-order valence-corrected chi connectivity index (χ2v) is 12.7. The third kappa shape index (κ3) is 2.86. The van der Waals surface area contributed by atoms with E-state index in [0.717, 1.165) is 24.0 Å². The number of aliphatic hydroxyl groups is 3. The summed E-state index contributed by atoms with van der Waals surface area (Å²) in [5.41, 5.74) is 3.56. The molecule has 0 saturated heterocycles. The number of carbonyl (C=O) groups excluding carboxylic acids is 2. The molecule has 7 atom stereocenters. The average Bonchev–Trinajstić information content (AvgIpc) is 2.83. The van der Waals surface area contributed by atoms with Crippen molar-refractivity contribution in [3.05, 3.63) is 57.4 Å². The Morgan fingerprint density at radius 3 is 2.33 bits per heavy atom. The summed E-state index contributed by atoms with van der Waals surface area (Å²) in [6.45, 7) is 12.1. The van der Waals surface area contributed by atoms with Gasteiger partial charge < -0.3 is 20.1 Å². The minimum atomic E-state index is -1.21. The Kier molecular flexibility index (Phi) is 5.29. The highest BCUT2D eigenvalue weighted by Crippen LogP contribution is 2.70. The second-order valence-electron chi connectivity index (χ2n) is 12.7. The lowest BCUT2D eigenvalue weighted by atomic mass is 9.40. The van der Waals surface area contributed by atoms with Crippen LogP contribution in [0.4, 0.5) is 0 Å². The van der Waals surface area contributed by atoms with Crippen LogP contribution >= 0.6 is 0 Å². The van der Waals surface area contributed by atoms with Crippen molar-refractivity contribution in [1.29, 1.82) is 0 Å². The molecule has 0 aromatic heterocycles. The summed E-state index contributed by atoms with van der Waals surface area (Å²) >= 11 is 0. The number of ether oxygens (including phenoxy) is 1. The number of allylic oxidation sites excluding steroid dienone is 9. The van der Waals surface area contributed by atoms with Gasteiger partial charge in [0.05, 0.1) is 24.7 Å². The van der Waals surface area contributed by atoms with E-state index in [9.17, 15) is 24.9 Å². The van der Waals surface area contributed by atoms with Crippen LogP contribution in [0.3, 0.4) is 0 Å². The Bertz CT molecular complexity index is 1250. The number of aliphatic hydroxyl groups excluding tert-OH is 3. The van der Waals surface area contributed by atoms with Crippen LogP contribution in [0.1, 0.15) is 67.2 Å². The normalized spacial score (nSPS) is 44.0. The van der Waals surface area contributed by atoms with Gasteiger partial charge in [0.1, 0.15) is 0 Å². The fourth-order valence-electron chi connectivity index (χ4n) is 8.57. The van der Waals surface area contributed by atoms with E-state index in [1.807, 2.05) is 13.0 Å². The largest absolute Gasteiger partial charge is 0.504 e. The number of rotatable bonds is 1. The van der Waals surface area contributed by atoms with Gasteiger partial charge in [0, 0.05) is 16.4 Å². The summed E-state index contributed by atoms with van der Waals surface area (Å²) in [6, 6.07) is 0. The highest BCUT2D eigenvalue weighted by molar-refractivity contribution is 6.06. The SMILES string of the molecule is COC(=O)C1(C)C[C@@H]2[C@@](C)(CC(C)=C3C4=CC=C5C(=CC(=O)C(O)=C5C)[C@]4(C)CC[C@]32C)[C@H](O)[C@@H]1O. The third-order valence-corrected chi connectivity index (χ3v) is 10.7. The number of esters is 1. The summed E-state index contributed by atoms with van der Waals surface area (Å²) < 4.78 is 5.10. The van der Waals surface area contributed by atoms with Crippen LogP contribution in [-0.2, 0) is 14.3 Å². The van der Waals surface area contributed by atoms with Crippen molar-refractivity contribution in [2.45, 2.75) is 79.4 Å². The third-order valence-electron chi connectivity index (χ3n) is 10.7. The van der Waals surface area contributed by atoms with Gasteiger partial charge in [-0.25, -0.2) is 0 Å². The van der Waals surface area contributed by atoms with Crippen LogP contribution < -0.4 is 0 Å². The molecule has 0 amide bonds. The van der Waals surface area contributed by atoms with Gasteiger partial charge in [-0.1, -0.05) is 38.5 Å². The maximum atomic E-state index is 12.9. The molecule has 5 aliphatic carbocycles. The lowest BCUT2D eigenvalue weighted by Crippen LogP contribution is -2.65.